The number of hydrogen-bond donors (Lipinski definition) is 0. The molecule has 1 aliphatic heterocycles. The lowest BCUT2D eigenvalue weighted by Gasteiger charge is -2.31. The van der Waals surface area contributed by atoms with E-state index in [-0.39, 0.29) is 0 Å². The highest BCUT2D eigenvalue weighted by atomic mass is 35.5. The average molecular weight is 292 g/mol. The van der Waals surface area contributed by atoms with Crippen molar-refractivity contribution in [2.24, 2.45) is 13.0 Å². The van der Waals surface area contributed by atoms with Crippen molar-refractivity contribution in [2.75, 3.05) is 13.1 Å². The number of likely N-dealkylation sites (tertiary alicyclic amines) is 1. The van der Waals surface area contributed by atoms with Crippen molar-refractivity contribution in [1.82, 2.24) is 14.5 Å². The number of aromatic nitrogens is 2. The number of piperidine rings is 1. The highest BCUT2D eigenvalue weighted by Crippen LogP contribution is 2.23. The van der Waals surface area contributed by atoms with Gasteiger partial charge in [0.15, 0.2) is 0 Å². The molecule has 2 aromatic rings. The van der Waals surface area contributed by atoms with Crippen molar-refractivity contribution in [3.63, 3.8) is 0 Å². The number of rotatable bonds is 3. The third-order valence-electron chi connectivity index (χ3n) is 4.48. The minimum atomic E-state index is 0.756. The lowest BCUT2D eigenvalue weighted by molar-refractivity contribution is 0.160. The number of benzene rings is 1. The number of halogens is 1. The molecule has 0 saturated carbocycles. The molecule has 1 saturated heterocycles. The quantitative estimate of drug-likeness (QED) is 0.856. The van der Waals surface area contributed by atoms with Gasteiger partial charge in [0.05, 0.1) is 17.6 Å². The van der Waals surface area contributed by atoms with E-state index in [1.807, 2.05) is 12.1 Å². The molecule has 1 aromatic heterocycles. The van der Waals surface area contributed by atoms with Gasteiger partial charge in [-0.2, -0.15) is 0 Å². The standard InChI is InChI=1S/C16H22ClN3/c1-3-12-5-4-8-20(10-12)11-16-18-14-9-13(17)6-7-15(14)19(16)2/h6-7,9,12H,3-5,8,10-11H2,1-2H3. The molecular weight excluding hydrogens is 270 g/mol. The number of hydrogen-bond acceptors (Lipinski definition) is 2. The monoisotopic (exact) mass is 291 g/mol. The second-order valence-electron chi connectivity index (χ2n) is 5.87. The van der Waals surface area contributed by atoms with Crippen molar-refractivity contribution in [3.8, 4) is 0 Å². The summed E-state index contributed by atoms with van der Waals surface area (Å²) in [5.74, 6) is 1.99. The summed E-state index contributed by atoms with van der Waals surface area (Å²) >= 11 is 6.05. The molecule has 1 fully saturated rings. The summed E-state index contributed by atoms with van der Waals surface area (Å²) in [6.07, 6.45) is 3.98. The van der Waals surface area contributed by atoms with Gasteiger partial charge in [0.1, 0.15) is 5.82 Å². The fraction of sp³-hybridized carbons (Fsp3) is 0.562. The fourth-order valence-corrected chi connectivity index (χ4v) is 3.36. The van der Waals surface area contributed by atoms with Gasteiger partial charge in [0.2, 0.25) is 0 Å². The summed E-state index contributed by atoms with van der Waals surface area (Å²) in [6, 6.07) is 5.94. The lowest BCUT2D eigenvalue weighted by Crippen LogP contribution is -2.35. The van der Waals surface area contributed by atoms with Gasteiger partial charge in [0, 0.05) is 18.6 Å². The van der Waals surface area contributed by atoms with Crippen LogP contribution in [0.3, 0.4) is 0 Å². The Morgan fingerprint density at radius 3 is 3.05 bits per heavy atom. The first-order valence-corrected chi connectivity index (χ1v) is 7.88. The first kappa shape index (κ1) is 13.9. The molecule has 0 radical (unpaired) electrons. The van der Waals surface area contributed by atoms with Crippen LogP contribution in [-0.2, 0) is 13.6 Å². The summed E-state index contributed by atoms with van der Waals surface area (Å²) in [5, 5.41) is 0.756. The van der Waals surface area contributed by atoms with Gasteiger partial charge in [-0.05, 0) is 43.5 Å². The molecule has 0 bridgehead atoms. The Kier molecular flexibility index (Phi) is 3.99. The number of fused-ring (bicyclic) bond motifs is 1. The molecule has 0 amide bonds. The second kappa shape index (κ2) is 5.74. The van der Waals surface area contributed by atoms with Crippen LogP contribution in [0.5, 0.6) is 0 Å². The Morgan fingerprint density at radius 2 is 2.25 bits per heavy atom. The zero-order chi connectivity index (χ0) is 14.1. The topological polar surface area (TPSA) is 21.1 Å². The summed E-state index contributed by atoms with van der Waals surface area (Å²) in [6.45, 7) is 5.64. The molecule has 20 heavy (non-hydrogen) atoms. The molecule has 0 spiro atoms. The largest absolute Gasteiger partial charge is 0.330 e. The maximum Gasteiger partial charge on any atom is 0.123 e. The van der Waals surface area contributed by atoms with E-state index in [0.717, 1.165) is 34.3 Å². The normalized spacial score (nSPS) is 20.6. The van der Waals surface area contributed by atoms with Gasteiger partial charge < -0.3 is 4.57 Å². The van der Waals surface area contributed by atoms with E-state index in [2.05, 4.69) is 29.5 Å². The van der Waals surface area contributed by atoms with Crippen molar-refractivity contribution < 1.29 is 0 Å². The molecule has 3 rings (SSSR count). The van der Waals surface area contributed by atoms with Gasteiger partial charge in [0.25, 0.3) is 0 Å². The van der Waals surface area contributed by atoms with Crippen molar-refractivity contribution >= 4 is 22.6 Å². The minimum absolute atomic E-state index is 0.756. The summed E-state index contributed by atoms with van der Waals surface area (Å²) < 4.78 is 2.20. The van der Waals surface area contributed by atoms with E-state index in [1.165, 1.54) is 32.4 Å². The van der Waals surface area contributed by atoms with Crippen molar-refractivity contribution in [3.05, 3.63) is 29.0 Å². The molecule has 1 aromatic carbocycles. The summed E-state index contributed by atoms with van der Waals surface area (Å²) in [4.78, 5) is 7.30. The number of imidazole rings is 1. The number of aryl methyl sites for hydroxylation is 1. The molecule has 0 N–H and O–H groups in total. The van der Waals surface area contributed by atoms with Gasteiger partial charge >= 0.3 is 0 Å². The fourth-order valence-electron chi connectivity index (χ4n) is 3.19. The Bertz CT molecular complexity index is 605. The molecule has 0 aliphatic carbocycles. The van der Waals surface area contributed by atoms with E-state index >= 15 is 0 Å². The number of nitrogens with zero attached hydrogens (tertiary/aromatic N) is 3. The minimum Gasteiger partial charge on any atom is -0.330 e. The van der Waals surface area contributed by atoms with E-state index in [9.17, 15) is 0 Å². The first-order valence-electron chi connectivity index (χ1n) is 7.50. The highest BCUT2D eigenvalue weighted by molar-refractivity contribution is 6.31. The highest BCUT2D eigenvalue weighted by Gasteiger charge is 2.20. The second-order valence-corrected chi connectivity index (χ2v) is 6.31. The zero-order valence-corrected chi connectivity index (χ0v) is 13.0. The van der Waals surface area contributed by atoms with Crippen molar-refractivity contribution in [2.45, 2.75) is 32.7 Å². The Balaban J connectivity index is 1.82. The van der Waals surface area contributed by atoms with E-state index < -0.39 is 0 Å². The van der Waals surface area contributed by atoms with Crippen LogP contribution in [0.1, 0.15) is 32.0 Å². The molecule has 1 atom stereocenters. The van der Waals surface area contributed by atoms with E-state index in [1.54, 1.807) is 0 Å². The predicted octanol–water partition coefficient (Wildman–Crippen LogP) is 3.85. The molecule has 1 unspecified atom stereocenters. The summed E-state index contributed by atoms with van der Waals surface area (Å²) in [7, 11) is 2.10. The SMILES string of the molecule is CCC1CCCN(Cc2nc3cc(Cl)ccc3n2C)C1. The van der Waals surface area contributed by atoms with Crippen LogP contribution < -0.4 is 0 Å². The summed E-state index contributed by atoms with van der Waals surface area (Å²) in [5.41, 5.74) is 2.16. The molecule has 2 heterocycles. The van der Waals surface area contributed by atoms with Crippen LogP contribution in [0.25, 0.3) is 11.0 Å². The van der Waals surface area contributed by atoms with Crippen LogP contribution in [-0.4, -0.2) is 27.5 Å². The smallest absolute Gasteiger partial charge is 0.123 e. The van der Waals surface area contributed by atoms with Gasteiger partial charge in [-0.25, -0.2) is 4.98 Å². The third-order valence-corrected chi connectivity index (χ3v) is 4.72. The Labute approximate surface area is 125 Å². The third kappa shape index (κ3) is 2.70. The molecular formula is C16H22ClN3. The van der Waals surface area contributed by atoms with E-state index in [0.29, 0.717) is 0 Å². The van der Waals surface area contributed by atoms with E-state index in [4.69, 9.17) is 16.6 Å². The van der Waals surface area contributed by atoms with Crippen LogP contribution in [0.4, 0.5) is 0 Å². The van der Waals surface area contributed by atoms with Gasteiger partial charge in [-0.1, -0.05) is 24.9 Å². The maximum atomic E-state index is 6.05. The molecule has 4 heteroatoms. The van der Waals surface area contributed by atoms with Crippen LogP contribution in [0.2, 0.25) is 5.02 Å². The molecule has 108 valence electrons. The van der Waals surface area contributed by atoms with Crippen molar-refractivity contribution in [1.29, 1.82) is 0 Å². The van der Waals surface area contributed by atoms with Gasteiger partial charge in [-0.15, -0.1) is 0 Å². The Hall–Kier alpha value is -1.06. The molecule has 1 aliphatic rings. The zero-order valence-electron chi connectivity index (χ0n) is 12.3. The van der Waals surface area contributed by atoms with Crippen LogP contribution in [0, 0.1) is 5.92 Å². The predicted molar refractivity (Wildman–Crippen MR) is 84.0 cm³/mol. The maximum absolute atomic E-state index is 6.05. The lowest BCUT2D eigenvalue weighted by atomic mass is 9.96. The van der Waals surface area contributed by atoms with Crippen LogP contribution in [0.15, 0.2) is 18.2 Å². The van der Waals surface area contributed by atoms with Gasteiger partial charge in [-0.3, -0.25) is 4.90 Å². The van der Waals surface area contributed by atoms with Crippen LogP contribution >= 0.6 is 11.6 Å². The Morgan fingerprint density at radius 1 is 1.40 bits per heavy atom. The first-order chi connectivity index (χ1) is 9.67. The molecule has 3 nitrogen and oxygen atoms in total. The average Bonchev–Trinajstić information content (AvgIpc) is 2.75.